The van der Waals surface area contributed by atoms with Gasteiger partial charge in [-0.3, -0.25) is 0 Å². The van der Waals surface area contributed by atoms with Gasteiger partial charge in [-0.05, 0) is 6.92 Å². The van der Waals surface area contributed by atoms with Crippen molar-refractivity contribution in [3.05, 3.63) is 10.6 Å². The van der Waals surface area contributed by atoms with Gasteiger partial charge in [0.25, 0.3) is 0 Å². The molecule has 2 atom stereocenters. The molecule has 0 radical (unpaired) electrons. The lowest BCUT2D eigenvalue weighted by Gasteiger charge is -2.34. The van der Waals surface area contributed by atoms with Crippen LogP contribution in [0.3, 0.4) is 0 Å². The van der Waals surface area contributed by atoms with Crippen LogP contribution in [0.2, 0.25) is 0 Å². The third-order valence-corrected chi connectivity index (χ3v) is 5.22. The Hall–Kier alpha value is -0.260. The summed E-state index contributed by atoms with van der Waals surface area (Å²) in [4.78, 5) is 8.25. The van der Waals surface area contributed by atoms with E-state index in [2.05, 4.69) is 35.5 Å². The van der Waals surface area contributed by atoms with Crippen molar-refractivity contribution in [3.63, 3.8) is 0 Å². The van der Waals surface area contributed by atoms with Crippen molar-refractivity contribution in [2.75, 3.05) is 18.0 Å². The van der Waals surface area contributed by atoms with E-state index in [1.165, 1.54) is 4.88 Å². The lowest BCUT2D eigenvalue weighted by atomic mass is 10.3. The fraction of sp³-hybridized carbons (Fsp3) is 0.727. The van der Waals surface area contributed by atoms with Crippen LogP contribution in [0, 0.1) is 6.92 Å². The van der Waals surface area contributed by atoms with Gasteiger partial charge in [-0.2, -0.15) is 11.8 Å². The smallest absolute Gasteiger partial charge is 0.185 e. The minimum atomic E-state index is 0.608. The third kappa shape index (κ3) is 2.52. The van der Waals surface area contributed by atoms with Gasteiger partial charge in [0.2, 0.25) is 0 Å². The molecule has 1 saturated heterocycles. The molecule has 0 amide bonds. The molecule has 2 heterocycles. The van der Waals surface area contributed by atoms with Crippen molar-refractivity contribution in [3.8, 4) is 0 Å². The maximum absolute atomic E-state index is 5.70. The number of nitrogens with zero attached hydrogens (tertiary/aromatic N) is 2. The first-order valence-electron chi connectivity index (χ1n) is 5.67. The zero-order chi connectivity index (χ0) is 11.7. The summed E-state index contributed by atoms with van der Waals surface area (Å²) in [5.41, 5.74) is 6.79. The molecule has 1 aliphatic heterocycles. The lowest BCUT2D eigenvalue weighted by molar-refractivity contribution is 0.725. The number of nitrogens with two attached hydrogens (primary N) is 1. The number of aryl methyl sites for hydroxylation is 1. The molecular formula is C11H19N3S2. The van der Waals surface area contributed by atoms with Gasteiger partial charge in [-0.15, -0.1) is 11.3 Å². The molecule has 0 aliphatic carbocycles. The van der Waals surface area contributed by atoms with Crippen LogP contribution >= 0.6 is 23.1 Å². The normalized spacial score (nSPS) is 26.1. The highest BCUT2D eigenvalue weighted by molar-refractivity contribution is 8.00. The molecule has 0 spiro atoms. The Kier molecular flexibility index (Phi) is 3.77. The third-order valence-electron chi connectivity index (χ3n) is 2.76. The molecule has 2 rings (SSSR count). The summed E-state index contributed by atoms with van der Waals surface area (Å²) in [6.45, 7) is 9.44. The Morgan fingerprint density at radius 1 is 1.38 bits per heavy atom. The molecule has 1 aromatic heterocycles. The summed E-state index contributed by atoms with van der Waals surface area (Å²) >= 11 is 3.82. The Labute approximate surface area is 105 Å². The van der Waals surface area contributed by atoms with Crippen molar-refractivity contribution < 1.29 is 0 Å². The fourth-order valence-electron chi connectivity index (χ4n) is 2.07. The van der Waals surface area contributed by atoms with Crippen molar-refractivity contribution in [1.82, 2.24) is 4.98 Å². The van der Waals surface area contributed by atoms with Gasteiger partial charge in [-0.25, -0.2) is 4.98 Å². The van der Waals surface area contributed by atoms with E-state index in [1.54, 1.807) is 11.3 Å². The van der Waals surface area contributed by atoms with E-state index in [0.29, 0.717) is 17.0 Å². The molecular weight excluding hydrogens is 238 g/mol. The van der Waals surface area contributed by atoms with Crippen molar-refractivity contribution in [2.24, 2.45) is 5.73 Å². The molecule has 5 heteroatoms. The predicted molar refractivity (Wildman–Crippen MR) is 73.5 cm³/mol. The minimum Gasteiger partial charge on any atom is -0.346 e. The molecule has 3 nitrogen and oxygen atoms in total. The number of hydrogen-bond acceptors (Lipinski definition) is 5. The quantitative estimate of drug-likeness (QED) is 0.882. The van der Waals surface area contributed by atoms with Crippen LogP contribution in [-0.2, 0) is 6.54 Å². The Bertz CT molecular complexity index is 354. The first-order chi connectivity index (χ1) is 7.60. The van der Waals surface area contributed by atoms with Gasteiger partial charge >= 0.3 is 0 Å². The topological polar surface area (TPSA) is 42.2 Å². The summed E-state index contributed by atoms with van der Waals surface area (Å²) in [5.74, 6) is 0. The van der Waals surface area contributed by atoms with Crippen LogP contribution in [0.15, 0.2) is 0 Å². The highest BCUT2D eigenvalue weighted by Gasteiger charge is 2.24. The Morgan fingerprint density at radius 3 is 2.50 bits per heavy atom. The molecule has 1 aromatic rings. The molecule has 90 valence electrons. The van der Waals surface area contributed by atoms with Crippen LogP contribution in [0.25, 0.3) is 0 Å². The second-order valence-electron chi connectivity index (χ2n) is 4.37. The number of hydrogen-bond donors (Lipinski definition) is 1. The molecule has 1 fully saturated rings. The summed E-state index contributed by atoms with van der Waals surface area (Å²) in [7, 11) is 0. The number of anilines is 1. The van der Waals surface area contributed by atoms with Gasteiger partial charge in [0, 0.05) is 35.0 Å². The molecule has 2 N–H and O–H groups in total. The van der Waals surface area contributed by atoms with E-state index in [4.69, 9.17) is 5.73 Å². The average molecular weight is 257 g/mol. The first-order valence-corrected chi connectivity index (χ1v) is 7.43. The van der Waals surface area contributed by atoms with Crippen LogP contribution < -0.4 is 10.6 Å². The molecule has 0 aromatic carbocycles. The fourth-order valence-corrected chi connectivity index (χ4v) is 4.35. The van der Waals surface area contributed by atoms with Crippen molar-refractivity contribution in [1.29, 1.82) is 0 Å². The highest BCUT2D eigenvalue weighted by atomic mass is 32.2. The van der Waals surface area contributed by atoms with Gasteiger partial charge in [0.15, 0.2) is 5.13 Å². The van der Waals surface area contributed by atoms with Gasteiger partial charge < -0.3 is 10.6 Å². The Balaban J connectivity index is 2.16. The van der Waals surface area contributed by atoms with Gasteiger partial charge in [0.05, 0.1) is 5.69 Å². The summed E-state index contributed by atoms with van der Waals surface area (Å²) in [6, 6.07) is 0. The van der Waals surface area contributed by atoms with Crippen LogP contribution in [-0.4, -0.2) is 28.6 Å². The maximum atomic E-state index is 5.70. The standard InChI is InChI=1S/C11H19N3S2/c1-7-5-14(6-8(2)15-7)11-13-9(3)10(4-12)16-11/h7-8H,4-6,12H2,1-3H3. The molecule has 2 unspecified atom stereocenters. The summed E-state index contributed by atoms with van der Waals surface area (Å²) < 4.78 is 0. The Morgan fingerprint density at radius 2 is 2.00 bits per heavy atom. The zero-order valence-corrected chi connectivity index (χ0v) is 11.7. The SMILES string of the molecule is Cc1nc(N2CC(C)SC(C)C2)sc1CN. The second-order valence-corrected chi connectivity index (χ2v) is 7.32. The first kappa shape index (κ1) is 12.2. The molecule has 0 bridgehead atoms. The molecule has 0 saturated carbocycles. The van der Waals surface area contributed by atoms with E-state index < -0.39 is 0 Å². The lowest BCUT2D eigenvalue weighted by Crippen LogP contribution is -2.40. The van der Waals surface area contributed by atoms with Gasteiger partial charge in [-0.1, -0.05) is 13.8 Å². The number of rotatable bonds is 2. The van der Waals surface area contributed by atoms with Gasteiger partial charge in [0.1, 0.15) is 0 Å². The highest BCUT2D eigenvalue weighted by Crippen LogP contribution is 2.32. The number of thioether (sulfide) groups is 1. The van der Waals surface area contributed by atoms with Crippen molar-refractivity contribution >= 4 is 28.2 Å². The van der Waals surface area contributed by atoms with E-state index in [0.717, 1.165) is 23.9 Å². The average Bonchev–Trinajstić information content (AvgIpc) is 2.58. The summed E-state index contributed by atoms with van der Waals surface area (Å²) in [5, 5.41) is 2.53. The minimum absolute atomic E-state index is 0.608. The second kappa shape index (κ2) is 4.94. The number of thiazole rings is 1. The van der Waals surface area contributed by atoms with E-state index in [-0.39, 0.29) is 0 Å². The maximum Gasteiger partial charge on any atom is 0.185 e. The monoisotopic (exact) mass is 257 g/mol. The largest absolute Gasteiger partial charge is 0.346 e. The molecule has 16 heavy (non-hydrogen) atoms. The van der Waals surface area contributed by atoms with E-state index >= 15 is 0 Å². The van der Waals surface area contributed by atoms with E-state index in [9.17, 15) is 0 Å². The number of aromatic nitrogens is 1. The summed E-state index contributed by atoms with van der Waals surface area (Å²) in [6.07, 6.45) is 0. The predicted octanol–water partition coefficient (Wildman–Crippen LogP) is 2.24. The van der Waals surface area contributed by atoms with Crippen LogP contribution in [0.4, 0.5) is 5.13 Å². The van der Waals surface area contributed by atoms with Crippen LogP contribution in [0.5, 0.6) is 0 Å². The molecule has 1 aliphatic rings. The van der Waals surface area contributed by atoms with E-state index in [1.807, 2.05) is 6.92 Å². The zero-order valence-electron chi connectivity index (χ0n) is 10.1. The van der Waals surface area contributed by atoms with Crippen LogP contribution in [0.1, 0.15) is 24.4 Å². The van der Waals surface area contributed by atoms with Crippen molar-refractivity contribution in [2.45, 2.75) is 37.8 Å².